The van der Waals surface area contributed by atoms with Gasteiger partial charge in [-0.3, -0.25) is 4.79 Å². The third kappa shape index (κ3) is 2.26. The molecule has 1 aromatic rings. The number of amides is 1. The van der Waals surface area contributed by atoms with Crippen LogP contribution in [0, 0.1) is 0 Å². The van der Waals surface area contributed by atoms with Gasteiger partial charge in [-0.2, -0.15) is 0 Å². The number of nitrogens with one attached hydrogen (secondary N) is 1. The molecule has 0 radical (unpaired) electrons. The maximum Gasteiger partial charge on any atom is 0.253 e. The Morgan fingerprint density at radius 2 is 2.18 bits per heavy atom. The Bertz CT molecular complexity index is 447. The van der Waals surface area contributed by atoms with Crippen molar-refractivity contribution in [3.63, 3.8) is 0 Å². The van der Waals surface area contributed by atoms with Gasteiger partial charge in [0.15, 0.2) is 11.5 Å². The lowest BCUT2D eigenvalue weighted by molar-refractivity contribution is 0.0923. The first-order valence-electron chi connectivity index (χ1n) is 5.22. The third-order valence-electron chi connectivity index (χ3n) is 2.44. The SMILES string of the molecule is C[C@@H](CO)NC(=O)c1cc2c(cc1N)OCO2. The van der Waals surface area contributed by atoms with Gasteiger partial charge in [0.05, 0.1) is 12.2 Å². The van der Waals surface area contributed by atoms with Crippen molar-refractivity contribution in [3.05, 3.63) is 17.7 Å². The van der Waals surface area contributed by atoms with Crippen molar-refractivity contribution in [1.29, 1.82) is 0 Å². The number of benzene rings is 1. The molecule has 4 N–H and O–H groups in total. The molecule has 6 heteroatoms. The average molecular weight is 238 g/mol. The zero-order chi connectivity index (χ0) is 12.4. The summed E-state index contributed by atoms with van der Waals surface area (Å²) in [6.45, 7) is 1.70. The fraction of sp³-hybridized carbons (Fsp3) is 0.364. The molecule has 1 aliphatic rings. The summed E-state index contributed by atoms with van der Waals surface area (Å²) in [7, 11) is 0. The molecule has 0 unspecified atom stereocenters. The Morgan fingerprint density at radius 3 is 2.82 bits per heavy atom. The lowest BCUT2D eigenvalue weighted by Crippen LogP contribution is -2.35. The van der Waals surface area contributed by atoms with Crippen LogP contribution < -0.4 is 20.5 Å². The van der Waals surface area contributed by atoms with Gasteiger partial charge in [-0.1, -0.05) is 0 Å². The van der Waals surface area contributed by atoms with Crippen LogP contribution in [0.4, 0.5) is 5.69 Å². The van der Waals surface area contributed by atoms with E-state index in [4.69, 9.17) is 20.3 Å². The Hall–Kier alpha value is -1.95. The molecule has 1 amide bonds. The van der Waals surface area contributed by atoms with Gasteiger partial charge in [-0.25, -0.2) is 0 Å². The van der Waals surface area contributed by atoms with Gasteiger partial charge in [0, 0.05) is 17.8 Å². The van der Waals surface area contributed by atoms with E-state index in [1.165, 1.54) is 6.07 Å². The molecule has 17 heavy (non-hydrogen) atoms. The summed E-state index contributed by atoms with van der Waals surface area (Å²) in [5.74, 6) is 0.692. The monoisotopic (exact) mass is 238 g/mol. The van der Waals surface area contributed by atoms with Crippen LogP contribution in [0.2, 0.25) is 0 Å². The largest absolute Gasteiger partial charge is 0.454 e. The number of carbonyl (C=O) groups excluding carboxylic acids is 1. The second-order valence-electron chi connectivity index (χ2n) is 3.85. The Balaban J connectivity index is 2.23. The maximum absolute atomic E-state index is 11.8. The van der Waals surface area contributed by atoms with Crippen LogP contribution in [0.15, 0.2) is 12.1 Å². The number of hydrogen-bond acceptors (Lipinski definition) is 5. The van der Waals surface area contributed by atoms with Crippen molar-refractivity contribution < 1.29 is 19.4 Å². The lowest BCUT2D eigenvalue weighted by atomic mass is 10.1. The van der Waals surface area contributed by atoms with E-state index in [2.05, 4.69) is 5.32 Å². The van der Waals surface area contributed by atoms with Crippen molar-refractivity contribution in [2.45, 2.75) is 13.0 Å². The van der Waals surface area contributed by atoms with E-state index in [9.17, 15) is 4.79 Å². The minimum absolute atomic E-state index is 0.129. The number of nitrogens with two attached hydrogens (primary N) is 1. The molecule has 0 fully saturated rings. The molecule has 0 aromatic heterocycles. The smallest absolute Gasteiger partial charge is 0.253 e. The highest BCUT2D eigenvalue weighted by Crippen LogP contribution is 2.35. The first kappa shape index (κ1) is 11.5. The highest BCUT2D eigenvalue weighted by molar-refractivity contribution is 6.00. The zero-order valence-corrected chi connectivity index (χ0v) is 9.40. The number of fused-ring (bicyclic) bond motifs is 1. The molecule has 0 spiro atoms. The summed E-state index contributed by atoms with van der Waals surface area (Å²) >= 11 is 0. The van der Waals surface area contributed by atoms with Gasteiger partial charge in [-0.15, -0.1) is 0 Å². The van der Waals surface area contributed by atoms with Gasteiger partial charge in [0.25, 0.3) is 5.91 Å². The van der Waals surface area contributed by atoms with Crippen LogP contribution in [0.1, 0.15) is 17.3 Å². The molecule has 6 nitrogen and oxygen atoms in total. The summed E-state index contributed by atoms with van der Waals surface area (Å²) in [6.07, 6.45) is 0. The molecule has 1 aromatic carbocycles. The summed E-state index contributed by atoms with van der Waals surface area (Å²) in [6, 6.07) is 2.77. The normalized spacial score (nSPS) is 14.5. The van der Waals surface area contributed by atoms with Crippen molar-refractivity contribution in [1.82, 2.24) is 5.32 Å². The van der Waals surface area contributed by atoms with E-state index >= 15 is 0 Å². The number of ether oxygens (including phenoxy) is 2. The number of carbonyl (C=O) groups is 1. The van der Waals surface area contributed by atoms with Crippen LogP contribution >= 0.6 is 0 Å². The second-order valence-corrected chi connectivity index (χ2v) is 3.85. The fourth-order valence-electron chi connectivity index (χ4n) is 1.50. The summed E-state index contributed by atoms with van der Waals surface area (Å²) < 4.78 is 10.3. The quantitative estimate of drug-likeness (QED) is 0.650. The van der Waals surface area contributed by atoms with Crippen LogP contribution in [-0.4, -0.2) is 30.5 Å². The van der Waals surface area contributed by atoms with Crippen molar-refractivity contribution in [2.75, 3.05) is 19.1 Å². The Morgan fingerprint density at radius 1 is 1.53 bits per heavy atom. The van der Waals surface area contributed by atoms with E-state index in [0.717, 1.165) is 0 Å². The molecule has 1 atom stereocenters. The van der Waals surface area contributed by atoms with Gasteiger partial charge in [0.2, 0.25) is 6.79 Å². The predicted octanol–water partition coefficient (Wildman–Crippen LogP) is 0.108. The summed E-state index contributed by atoms with van der Waals surface area (Å²) in [4.78, 5) is 11.8. The lowest BCUT2D eigenvalue weighted by Gasteiger charge is -2.12. The molecular formula is C11H14N2O4. The van der Waals surface area contributed by atoms with Crippen LogP contribution in [-0.2, 0) is 0 Å². The molecule has 0 saturated carbocycles. The molecule has 92 valence electrons. The Kier molecular flexibility index (Phi) is 3.06. The second kappa shape index (κ2) is 4.50. The zero-order valence-electron chi connectivity index (χ0n) is 9.40. The number of anilines is 1. The average Bonchev–Trinajstić information content (AvgIpc) is 2.74. The van der Waals surface area contributed by atoms with Crippen molar-refractivity contribution in [3.8, 4) is 11.5 Å². The maximum atomic E-state index is 11.8. The van der Waals surface area contributed by atoms with Crippen molar-refractivity contribution in [2.24, 2.45) is 0 Å². The van der Waals surface area contributed by atoms with E-state index in [0.29, 0.717) is 22.7 Å². The first-order chi connectivity index (χ1) is 8.11. The van der Waals surface area contributed by atoms with Crippen LogP contribution in [0.3, 0.4) is 0 Å². The predicted molar refractivity (Wildman–Crippen MR) is 61.0 cm³/mol. The molecule has 1 aliphatic heterocycles. The minimum atomic E-state index is -0.345. The van der Waals surface area contributed by atoms with E-state index in [1.807, 2.05) is 0 Å². The topological polar surface area (TPSA) is 93.8 Å². The van der Waals surface area contributed by atoms with Crippen LogP contribution in [0.5, 0.6) is 11.5 Å². The van der Waals surface area contributed by atoms with Gasteiger partial charge >= 0.3 is 0 Å². The van der Waals surface area contributed by atoms with Gasteiger partial charge in [0.1, 0.15) is 0 Å². The van der Waals surface area contributed by atoms with Gasteiger partial charge in [-0.05, 0) is 13.0 Å². The Labute approximate surface area is 98.3 Å². The standard InChI is InChI=1S/C11H14N2O4/c1-6(4-14)13-11(15)7-2-9-10(3-8(7)12)17-5-16-9/h2-3,6,14H,4-5,12H2,1H3,(H,13,15)/t6-/m0/s1. The van der Waals surface area contributed by atoms with Crippen LogP contribution in [0.25, 0.3) is 0 Å². The fourth-order valence-corrected chi connectivity index (χ4v) is 1.50. The number of hydrogen-bond donors (Lipinski definition) is 3. The molecule has 0 aliphatic carbocycles. The third-order valence-corrected chi connectivity index (χ3v) is 2.44. The summed E-state index contributed by atoms with van der Waals surface area (Å²) in [5.41, 5.74) is 6.38. The summed E-state index contributed by atoms with van der Waals surface area (Å²) in [5, 5.41) is 11.5. The number of aliphatic hydroxyl groups excluding tert-OH is 1. The number of nitrogen functional groups attached to an aromatic ring is 1. The van der Waals surface area contributed by atoms with Gasteiger partial charge < -0.3 is 25.6 Å². The van der Waals surface area contributed by atoms with Crippen molar-refractivity contribution >= 4 is 11.6 Å². The molecule has 0 bridgehead atoms. The molecular weight excluding hydrogens is 224 g/mol. The highest BCUT2D eigenvalue weighted by atomic mass is 16.7. The molecule has 0 saturated heterocycles. The van der Waals surface area contributed by atoms with E-state index in [-0.39, 0.29) is 25.3 Å². The highest BCUT2D eigenvalue weighted by Gasteiger charge is 2.20. The van der Waals surface area contributed by atoms with E-state index < -0.39 is 0 Å². The molecule has 2 rings (SSSR count). The first-order valence-corrected chi connectivity index (χ1v) is 5.22. The number of aliphatic hydroxyl groups is 1. The number of rotatable bonds is 3. The molecule has 1 heterocycles. The van der Waals surface area contributed by atoms with E-state index in [1.54, 1.807) is 13.0 Å². The minimum Gasteiger partial charge on any atom is -0.454 e.